The highest BCUT2D eigenvalue weighted by molar-refractivity contribution is 5.80. The number of nitrogens with zero attached hydrogens (tertiary/aromatic N) is 1. The molecular formula is C15H19N. The molecule has 0 fully saturated rings. The molecule has 1 heterocycles. The second kappa shape index (κ2) is 6.78. The predicted molar refractivity (Wildman–Crippen MR) is 72.4 cm³/mol. The van der Waals surface area contributed by atoms with Gasteiger partial charge in [0.2, 0.25) is 0 Å². The molecule has 1 aromatic heterocycles. The van der Waals surface area contributed by atoms with E-state index in [1.54, 1.807) is 0 Å². The SMILES string of the molecule is CC.CC/C=C/c1cnc2ccccc2c1. The Hall–Kier alpha value is -1.63. The molecule has 0 aliphatic carbocycles. The molecule has 1 heteroatoms. The first kappa shape index (κ1) is 12.4. The Morgan fingerprint density at radius 3 is 2.69 bits per heavy atom. The van der Waals surface area contributed by atoms with E-state index >= 15 is 0 Å². The summed E-state index contributed by atoms with van der Waals surface area (Å²) in [5.41, 5.74) is 2.23. The molecule has 0 bridgehead atoms. The fourth-order valence-corrected chi connectivity index (χ4v) is 1.43. The van der Waals surface area contributed by atoms with Crippen LogP contribution in [0, 0.1) is 0 Å². The van der Waals surface area contributed by atoms with Crippen molar-refractivity contribution in [3.63, 3.8) is 0 Å². The van der Waals surface area contributed by atoms with E-state index in [2.05, 4.69) is 36.2 Å². The predicted octanol–water partition coefficient (Wildman–Crippen LogP) is 4.68. The average Bonchev–Trinajstić information content (AvgIpc) is 2.38. The van der Waals surface area contributed by atoms with Crippen LogP contribution in [0.3, 0.4) is 0 Å². The van der Waals surface area contributed by atoms with Crippen LogP contribution in [0.2, 0.25) is 0 Å². The van der Waals surface area contributed by atoms with Gasteiger partial charge in [0, 0.05) is 11.6 Å². The van der Waals surface area contributed by atoms with E-state index in [4.69, 9.17) is 0 Å². The van der Waals surface area contributed by atoms with Crippen LogP contribution in [0.25, 0.3) is 17.0 Å². The Morgan fingerprint density at radius 1 is 1.19 bits per heavy atom. The lowest BCUT2D eigenvalue weighted by molar-refractivity contribution is 1.23. The van der Waals surface area contributed by atoms with Gasteiger partial charge in [-0.15, -0.1) is 0 Å². The van der Waals surface area contributed by atoms with Crippen molar-refractivity contribution in [1.82, 2.24) is 4.98 Å². The van der Waals surface area contributed by atoms with Crippen molar-refractivity contribution in [3.05, 3.63) is 48.2 Å². The maximum Gasteiger partial charge on any atom is 0.0702 e. The Labute approximate surface area is 97.8 Å². The van der Waals surface area contributed by atoms with Crippen molar-refractivity contribution in [3.8, 4) is 0 Å². The second-order valence-corrected chi connectivity index (χ2v) is 3.27. The summed E-state index contributed by atoms with van der Waals surface area (Å²) in [6.45, 7) is 6.13. The monoisotopic (exact) mass is 213 g/mol. The third kappa shape index (κ3) is 3.20. The molecule has 0 saturated heterocycles. The van der Waals surface area contributed by atoms with Gasteiger partial charge in [0.05, 0.1) is 5.52 Å². The number of fused-ring (bicyclic) bond motifs is 1. The number of benzene rings is 1. The topological polar surface area (TPSA) is 12.9 Å². The number of hydrogen-bond acceptors (Lipinski definition) is 1. The highest BCUT2D eigenvalue weighted by Crippen LogP contribution is 2.13. The number of rotatable bonds is 2. The summed E-state index contributed by atoms with van der Waals surface area (Å²) in [4.78, 5) is 4.38. The van der Waals surface area contributed by atoms with Gasteiger partial charge in [0.25, 0.3) is 0 Å². The minimum absolute atomic E-state index is 1.06. The van der Waals surface area contributed by atoms with E-state index < -0.39 is 0 Å². The molecular weight excluding hydrogens is 194 g/mol. The summed E-state index contributed by atoms with van der Waals surface area (Å²) in [7, 11) is 0. The quantitative estimate of drug-likeness (QED) is 0.705. The zero-order valence-electron chi connectivity index (χ0n) is 10.3. The first-order valence-corrected chi connectivity index (χ1v) is 5.91. The molecule has 2 aromatic rings. The maximum atomic E-state index is 4.38. The van der Waals surface area contributed by atoms with Gasteiger partial charge in [-0.2, -0.15) is 0 Å². The normalized spacial score (nSPS) is 10.2. The number of aromatic nitrogens is 1. The van der Waals surface area contributed by atoms with Crippen LogP contribution in [-0.4, -0.2) is 4.98 Å². The molecule has 1 aromatic carbocycles. The smallest absolute Gasteiger partial charge is 0.0702 e. The van der Waals surface area contributed by atoms with E-state index in [0.717, 1.165) is 11.9 Å². The molecule has 0 unspecified atom stereocenters. The minimum Gasteiger partial charge on any atom is -0.256 e. The van der Waals surface area contributed by atoms with Crippen LogP contribution in [0.5, 0.6) is 0 Å². The minimum atomic E-state index is 1.06. The molecule has 84 valence electrons. The van der Waals surface area contributed by atoms with E-state index in [-0.39, 0.29) is 0 Å². The van der Waals surface area contributed by atoms with Crippen LogP contribution >= 0.6 is 0 Å². The third-order valence-electron chi connectivity index (χ3n) is 2.16. The van der Waals surface area contributed by atoms with Gasteiger partial charge >= 0.3 is 0 Å². The van der Waals surface area contributed by atoms with Crippen molar-refractivity contribution in [2.24, 2.45) is 0 Å². The summed E-state index contributed by atoms with van der Waals surface area (Å²) in [6, 6.07) is 10.3. The Balaban J connectivity index is 0.000000606. The largest absolute Gasteiger partial charge is 0.256 e. The van der Waals surface area contributed by atoms with Gasteiger partial charge in [-0.3, -0.25) is 4.98 Å². The van der Waals surface area contributed by atoms with Crippen molar-refractivity contribution < 1.29 is 0 Å². The summed E-state index contributed by atoms with van der Waals surface area (Å²) >= 11 is 0. The Kier molecular flexibility index (Phi) is 5.27. The molecule has 0 aliphatic rings. The van der Waals surface area contributed by atoms with Gasteiger partial charge in [-0.25, -0.2) is 0 Å². The number of pyridine rings is 1. The van der Waals surface area contributed by atoms with Crippen LogP contribution in [0.4, 0.5) is 0 Å². The molecule has 0 amide bonds. The molecule has 0 radical (unpaired) electrons. The molecule has 1 nitrogen and oxygen atoms in total. The zero-order valence-corrected chi connectivity index (χ0v) is 10.3. The Morgan fingerprint density at radius 2 is 1.94 bits per heavy atom. The van der Waals surface area contributed by atoms with Crippen LogP contribution in [-0.2, 0) is 0 Å². The molecule has 2 rings (SSSR count). The first-order chi connectivity index (χ1) is 7.90. The zero-order chi connectivity index (χ0) is 11.8. The molecule has 0 atom stereocenters. The first-order valence-electron chi connectivity index (χ1n) is 5.91. The van der Waals surface area contributed by atoms with Crippen molar-refractivity contribution in [2.45, 2.75) is 27.2 Å². The van der Waals surface area contributed by atoms with Crippen LogP contribution < -0.4 is 0 Å². The van der Waals surface area contributed by atoms with Gasteiger partial charge in [0.1, 0.15) is 0 Å². The standard InChI is InChI=1S/C13H13N.C2H6/c1-2-3-6-11-9-12-7-4-5-8-13(12)14-10-11;1-2/h3-10H,2H2,1H3;1-2H3/b6-3+;. The van der Waals surface area contributed by atoms with E-state index in [1.165, 1.54) is 10.9 Å². The van der Waals surface area contributed by atoms with E-state index in [0.29, 0.717) is 0 Å². The number of allylic oxidation sites excluding steroid dienone is 1. The highest BCUT2D eigenvalue weighted by Gasteiger charge is 1.93. The van der Waals surface area contributed by atoms with Gasteiger partial charge < -0.3 is 0 Å². The summed E-state index contributed by atoms with van der Waals surface area (Å²) in [6.07, 6.45) is 7.23. The Bertz CT molecular complexity index is 458. The lowest BCUT2D eigenvalue weighted by Gasteiger charge is -1.97. The maximum absolute atomic E-state index is 4.38. The van der Waals surface area contributed by atoms with Crippen LogP contribution in [0.1, 0.15) is 32.8 Å². The van der Waals surface area contributed by atoms with Gasteiger partial charge in [-0.1, -0.05) is 51.1 Å². The summed E-state index contributed by atoms with van der Waals surface area (Å²) < 4.78 is 0. The van der Waals surface area contributed by atoms with E-state index in [9.17, 15) is 0 Å². The van der Waals surface area contributed by atoms with Crippen molar-refractivity contribution in [1.29, 1.82) is 0 Å². The fourth-order valence-electron chi connectivity index (χ4n) is 1.43. The molecule has 0 N–H and O–H groups in total. The summed E-state index contributed by atoms with van der Waals surface area (Å²) in [5, 5.41) is 1.20. The molecule has 0 saturated carbocycles. The fraction of sp³-hybridized carbons (Fsp3) is 0.267. The lowest BCUT2D eigenvalue weighted by Crippen LogP contribution is -1.79. The molecule has 0 spiro atoms. The third-order valence-corrected chi connectivity index (χ3v) is 2.16. The molecule has 0 aliphatic heterocycles. The summed E-state index contributed by atoms with van der Waals surface area (Å²) in [5.74, 6) is 0. The van der Waals surface area contributed by atoms with Crippen molar-refractivity contribution >= 4 is 17.0 Å². The lowest BCUT2D eigenvalue weighted by atomic mass is 10.1. The van der Waals surface area contributed by atoms with Gasteiger partial charge in [-0.05, 0) is 24.1 Å². The van der Waals surface area contributed by atoms with Gasteiger partial charge in [0.15, 0.2) is 0 Å². The second-order valence-electron chi connectivity index (χ2n) is 3.27. The highest BCUT2D eigenvalue weighted by atomic mass is 14.6. The van der Waals surface area contributed by atoms with E-state index in [1.807, 2.05) is 38.2 Å². The van der Waals surface area contributed by atoms with Crippen molar-refractivity contribution in [2.75, 3.05) is 0 Å². The average molecular weight is 213 g/mol. The number of para-hydroxylation sites is 1. The molecule has 16 heavy (non-hydrogen) atoms. The number of hydrogen-bond donors (Lipinski definition) is 0. The van der Waals surface area contributed by atoms with Crippen LogP contribution in [0.15, 0.2) is 42.6 Å².